The molecule has 1 saturated heterocycles. The van der Waals surface area contributed by atoms with Crippen LogP contribution in [0.25, 0.3) is 6.08 Å². The molecule has 0 bridgehead atoms. The lowest BCUT2D eigenvalue weighted by Gasteiger charge is -1.99. The Hall–Kier alpha value is -2.24. The molecule has 0 aliphatic carbocycles. The van der Waals surface area contributed by atoms with E-state index in [1.54, 1.807) is 31.4 Å². The first kappa shape index (κ1) is 15.6. The summed E-state index contributed by atoms with van der Waals surface area (Å²) in [5, 5.41) is 3.96. The fourth-order valence-corrected chi connectivity index (χ4v) is 2.93. The molecule has 3 rings (SSSR count). The topological polar surface area (TPSA) is 50.7 Å². The van der Waals surface area contributed by atoms with E-state index in [1.807, 2.05) is 30.3 Å². The molecule has 6 heteroatoms. The van der Waals surface area contributed by atoms with Crippen LogP contribution in [0.1, 0.15) is 5.56 Å². The van der Waals surface area contributed by atoms with Crippen molar-refractivity contribution in [3.8, 4) is 5.75 Å². The van der Waals surface area contributed by atoms with Gasteiger partial charge in [0.2, 0.25) is 0 Å². The molecule has 23 heavy (non-hydrogen) atoms. The molecule has 4 nitrogen and oxygen atoms in total. The Labute approximate surface area is 143 Å². The number of nitrogens with zero attached hydrogens (tertiary/aromatic N) is 1. The largest absolute Gasteiger partial charge is 0.497 e. The number of amidine groups is 1. The third kappa shape index (κ3) is 3.94. The zero-order chi connectivity index (χ0) is 16.2. The molecule has 0 radical (unpaired) electrons. The van der Waals surface area contributed by atoms with Crippen LogP contribution in [0.5, 0.6) is 5.75 Å². The third-order valence-electron chi connectivity index (χ3n) is 3.12. The van der Waals surface area contributed by atoms with Crippen molar-refractivity contribution in [2.24, 2.45) is 4.99 Å². The molecule has 2 aromatic carbocycles. The minimum atomic E-state index is -0.154. The minimum Gasteiger partial charge on any atom is -0.497 e. The van der Waals surface area contributed by atoms with Gasteiger partial charge in [-0.3, -0.25) is 4.79 Å². The predicted octanol–water partition coefficient (Wildman–Crippen LogP) is 4.24. The number of hydrogen-bond acceptors (Lipinski definition) is 4. The average molecular weight is 345 g/mol. The smallest absolute Gasteiger partial charge is 0.264 e. The highest BCUT2D eigenvalue weighted by Crippen LogP contribution is 2.28. The lowest BCUT2D eigenvalue weighted by atomic mass is 10.2. The molecule has 0 atom stereocenters. The first-order chi connectivity index (χ1) is 11.1. The maximum absolute atomic E-state index is 12.0. The summed E-state index contributed by atoms with van der Waals surface area (Å²) in [6.45, 7) is 0. The first-order valence-electron chi connectivity index (χ1n) is 6.83. The average Bonchev–Trinajstić information content (AvgIpc) is 2.90. The van der Waals surface area contributed by atoms with Crippen molar-refractivity contribution in [2.75, 3.05) is 7.11 Å². The van der Waals surface area contributed by atoms with Gasteiger partial charge in [0, 0.05) is 5.02 Å². The molecule has 0 saturated carbocycles. The number of benzene rings is 2. The molecule has 1 amide bonds. The van der Waals surface area contributed by atoms with Crippen molar-refractivity contribution in [1.29, 1.82) is 0 Å². The van der Waals surface area contributed by atoms with Crippen LogP contribution in [-0.2, 0) is 4.79 Å². The van der Waals surface area contributed by atoms with Gasteiger partial charge in [0.25, 0.3) is 5.91 Å². The van der Waals surface area contributed by atoms with Gasteiger partial charge in [-0.25, -0.2) is 4.99 Å². The highest BCUT2D eigenvalue weighted by Gasteiger charge is 2.23. The van der Waals surface area contributed by atoms with Crippen molar-refractivity contribution >= 4 is 46.2 Å². The van der Waals surface area contributed by atoms with E-state index >= 15 is 0 Å². The van der Waals surface area contributed by atoms with E-state index in [0.29, 0.717) is 15.1 Å². The maximum atomic E-state index is 12.0. The zero-order valence-electron chi connectivity index (χ0n) is 12.2. The predicted molar refractivity (Wildman–Crippen MR) is 95.3 cm³/mol. The van der Waals surface area contributed by atoms with Gasteiger partial charge in [-0.05, 0) is 59.8 Å². The lowest BCUT2D eigenvalue weighted by Crippen LogP contribution is -2.19. The molecule has 0 spiro atoms. The number of carbonyl (C=O) groups is 1. The fraction of sp³-hybridized carbons (Fsp3) is 0.0588. The second-order valence-electron chi connectivity index (χ2n) is 4.73. The normalized spacial score (nSPS) is 17.6. The number of methoxy groups -OCH3 is 1. The minimum absolute atomic E-state index is 0.154. The number of ether oxygens (including phenoxy) is 1. The molecule has 1 fully saturated rings. The molecule has 1 aliphatic heterocycles. The van der Waals surface area contributed by atoms with Gasteiger partial charge in [0.15, 0.2) is 5.17 Å². The first-order valence-corrected chi connectivity index (χ1v) is 8.03. The standard InChI is InChI=1S/C17H13ClN2O2S/c1-22-14-8-2-11(3-9-14)10-15-16(21)20-17(23-15)19-13-6-4-12(18)5-7-13/h2-10H,1H3,(H,19,20,21)/b15-10-. The van der Waals surface area contributed by atoms with Crippen LogP contribution in [0.4, 0.5) is 5.69 Å². The second kappa shape index (κ2) is 6.89. The molecule has 1 heterocycles. The fourth-order valence-electron chi connectivity index (χ4n) is 1.96. The van der Waals surface area contributed by atoms with Gasteiger partial charge in [-0.1, -0.05) is 23.7 Å². The van der Waals surface area contributed by atoms with E-state index in [-0.39, 0.29) is 5.91 Å². The molecule has 116 valence electrons. The van der Waals surface area contributed by atoms with Crippen LogP contribution in [-0.4, -0.2) is 18.2 Å². The van der Waals surface area contributed by atoms with E-state index < -0.39 is 0 Å². The quantitative estimate of drug-likeness (QED) is 0.847. The Morgan fingerprint density at radius 2 is 1.83 bits per heavy atom. The highest BCUT2D eigenvalue weighted by atomic mass is 35.5. The van der Waals surface area contributed by atoms with E-state index in [4.69, 9.17) is 16.3 Å². The second-order valence-corrected chi connectivity index (χ2v) is 6.20. The molecular weight excluding hydrogens is 332 g/mol. The maximum Gasteiger partial charge on any atom is 0.264 e. The van der Waals surface area contributed by atoms with Gasteiger partial charge in [-0.2, -0.15) is 0 Å². The van der Waals surface area contributed by atoms with Gasteiger partial charge in [0.1, 0.15) is 5.75 Å². The summed E-state index contributed by atoms with van der Waals surface area (Å²) in [5.41, 5.74) is 1.67. The Bertz CT molecular complexity index is 783. The SMILES string of the molecule is COc1ccc(/C=C2\SC(=Nc3ccc(Cl)cc3)NC2=O)cc1. The van der Waals surface area contributed by atoms with Crippen LogP contribution in [0.2, 0.25) is 5.02 Å². The summed E-state index contributed by atoms with van der Waals surface area (Å²) in [6.07, 6.45) is 1.82. The summed E-state index contributed by atoms with van der Waals surface area (Å²) < 4.78 is 5.12. The number of hydrogen-bond donors (Lipinski definition) is 1. The number of aliphatic imine (C=N–C) groups is 1. The number of rotatable bonds is 3. The Balaban J connectivity index is 1.78. The van der Waals surface area contributed by atoms with E-state index in [9.17, 15) is 4.79 Å². The number of thioether (sulfide) groups is 1. The van der Waals surface area contributed by atoms with Crippen LogP contribution in [0.3, 0.4) is 0 Å². The van der Waals surface area contributed by atoms with Gasteiger partial charge >= 0.3 is 0 Å². The van der Waals surface area contributed by atoms with Crippen LogP contribution in [0, 0.1) is 0 Å². The van der Waals surface area contributed by atoms with Crippen LogP contribution < -0.4 is 10.1 Å². The molecule has 1 N–H and O–H groups in total. The van der Waals surface area contributed by atoms with Crippen LogP contribution in [0.15, 0.2) is 58.4 Å². The van der Waals surface area contributed by atoms with Gasteiger partial charge < -0.3 is 10.1 Å². The monoisotopic (exact) mass is 344 g/mol. The van der Waals surface area contributed by atoms with E-state index in [2.05, 4.69) is 10.3 Å². The third-order valence-corrected chi connectivity index (χ3v) is 4.28. The van der Waals surface area contributed by atoms with Crippen molar-refractivity contribution < 1.29 is 9.53 Å². The molecule has 1 aliphatic rings. The highest BCUT2D eigenvalue weighted by molar-refractivity contribution is 8.18. The molecule has 2 aromatic rings. The number of halogens is 1. The van der Waals surface area contributed by atoms with Crippen LogP contribution >= 0.6 is 23.4 Å². The zero-order valence-corrected chi connectivity index (χ0v) is 13.8. The van der Waals surface area contributed by atoms with Crippen molar-refractivity contribution in [1.82, 2.24) is 5.32 Å². The summed E-state index contributed by atoms with van der Waals surface area (Å²) in [6, 6.07) is 14.6. The number of nitrogens with one attached hydrogen (secondary N) is 1. The molecular formula is C17H13ClN2O2S. The van der Waals surface area contributed by atoms with Crippen molar-refractivity contribution in [2.45, 2.75) is 0 Å². The number of amides is 1. The summed E-state index contributed by atoms with van der Waals surface area (Å²) in [4.78, 5) is 17.0. The lowest BCUT2D eigenvalue weighted by molar-refractivity contribution is -0.115. The number of carbonyl (C=O) groups excluding carboxylic acids is 1. The summed E-state index contributed by atoms with van der Waals surface area (Å²) >= 11 is 7.15. The Morgan fingerprint density at radius 1 is 1.13 bits per heavy atom. The molecule has 0 unspecified atom stereocenters. The summed E-state index contributed by atoms with van der Waals surface area (Å²) in [7, 11) is 1.62. The van der Waals surface area contributed by atoms with Gasteiger partial charge in [0.05, 0.1) is 17.7 Å². The Kier molecular flexibility index (Phi) is 4.69. The van der Waals surface area contributed by atoms with Gasteiger partial charge in [-0.15, -0.1) is 0 Å². The van der Waals surface area contributed by atoms with Crippen molar-refractivity contribution in [3.05, 3.63) is 64.0 Å². The summed E-state index contributed by atoms with van der Waals surface area (Å²) in [5.74, 6) is 0.624. The Morgan fingerprint density at radius 3 is 2.48 bits per heavy atom. The van der Waals surface area contributed by atoms with E-state index in [0.717, 1.165) is 17.0 Å². The van der Waals surface area contributed by atoms with E-state index in [1.165, 1.54) is 11.8 Å². The van der Waals surface area contributed by atoms with Crippen molar-refractivity contribution in [3.63, 3.8) is 0 Å². The molecule has 0 aromatic heterocycles.